The summed E-state index contributed by atoms with van der Waals surface area (Å²) in [4.78, 5) is 28.2. The fourth-order valence-electron chi connectivity index (χ4n) is 2.56. The predicted molar refractivity (Wildman–Crippen MR) is 108 cm³/mol. The molecule has 134 valence electrons. The van der Waals surface area contributed by atoms with Crippen LogP contribution in [0.1, 0.15) is 29.8 Å². The van der Waals surface area contributed by atoms with Gasteiger partial charge in [0.25, 0.3) is 0 Å². The number of Topliss-reactive ketones (excluding diaryl/α,β-unsaturated/α-hetero) is 1. The fourth-order valence-corrected chi connectivity index (χ4v) is 4.85. The van der Waals surface area contributed by atoms with Crippen LogP contribution >= 0.6 is 23.1 Å². The van der Waals surface area contributed by atoms with Gasteiger partial charge in [-0.1, -0.05) is 48.2 Å². The number of thioether (sulfide) groups is 1. The average molecular weight is 385 g/mol. The van der Waals surface area contributed by atoms with Gasteiger partial charge in [-0.15, -0.1) is 11.3 Å². The first kappa shape index (κ1) is 18.6. The lowest BCUT2D eigenvalue weighted by atomic mass is 10.0. The molecule has 2 aromatic carbocycles. The summed E-state index contributed by atoms with van der Waals surface area (Å²) in [7, 11) is 0. The first-order chi connectivity index (χ1) is 12.5. The first-order valence-corrected chi connectivity index (χ1v) is 10.1. The molecule has 0 aliphatic heterocycles. The number of hydrogen-bond acceptors (Lipinski definition) is 5. The van der Waals surface area contributed by atoms with Crippen molar-refractivity contribution in [1.82, 2.24) is 10.3 Å². The molecule has 1 amide bonds. The summed E-state index contributed by atoms with van der Waals surface area (Å²) in [5.41, 5.74) is 2.78. The molecule has 1 N–H and O–H groups in total. The number of nitrogens with one attached hydrogen (secondary N) is 1. The van der Waals surface area contributed by atoms with Crippen molar-refractivity contribution in [2.24, 2.45) is 0 Å². The fraction of sp³-hybridized carbons (Fsp3) is 0.250. The lowest BCUT2D eigenvalue weighted by molar-refractivity contribution is -0.118. The zero-order chi connectivity index (χ0) is 18.5. The van der Waals surface area contributed by atoms with Crippen molar-refractivity contribution in [2.75, 3.05) is 6.54 Å². The molecule has 0 aliphatic carbocycles. The normalized spacial score (nSPS) is 12.1. The third kappa shape index (κ3) is 4.71. The van der Waals surface area contributed by atoms with Crippen LogP contribution in [0.3, 0.4) is 0 Å². The van der Waals surface area contributed by atoms with Gasteiger partial charge >= 0.3 is 0 Å². The predicted octanol–water partition coefficient (Wildman–Crippen LogP) is 4.34. The number of fused-ring (bicyclic) bond motifs is 1. The molecule has 0 radical (unpaired) electrons. The number of aromatic nitrogens is 1. The van der Waals surface area contributed by atoms with Gasteiger partial charge in [-0.05, 0) is 31.0 Å². The third-order valence-electron chi connectivity index (χ3n) is 3.95. The highest BCUT2D eigenvalue weighted by Crippen LogP contribution is 2.32. The van der Waals surface area contributed by atoms with Crippen molar-refractivity contribution >= 4 is 45.0 Å². The molecule has 4 nitrogen and oxygen atoms in total. The summed E-state index contributed by atoms with van der Waals surface area (Å²) in [5, 5.41) is 2.58. The highest BCUT2D eigenvalue weighted by Gasteiger charge is 2.18. The molecule has 1 aromatic heterocycles. The number of nitrogens with zero attached hydrogens (tertiary/aromatic N) is 1. The van der Waals surface area contributed by atoms with Crippen LogP contribution in [0.5, 0.6) is 0 Å². The van der Waals surface area contributed by atoms with E-state index in [4.69, 9.17) is 0 Å². The maximum Gasteiger partial charge on any atom is 0.216 e. The van der Waals surface area contributed by atoms with Gasteiger partial charge in [-0.2, -0.15) is 0 Å². The van der Waals surface area contributed by atoms with E-state index >= 15 is 0 Å². The highest BCUT2D eigenvalue weighted by molar-refractivity contribution is 8.02. The molecule has 3 rings (SSSR count). The van der Waals surface area contributed by atoms with Crippen LogP contribution in [-0.4, -0.2) is 28.5 Å². The maximum atomic E-state index is 12.7. The van der Waals surface area contributed by atoms with Crippen LogP contribution in [0.4, 0.5) is 0 Å². The SMILES string of the molecule is CC(=O)NCCc1ccc(C(=O)C(C)Sc2nc3ccccc3s2)cc1. The van der Waals surface area contributed by atoms with E-state index in [0.717, 1.165) is 26.5 Å². The minimum Gasteiger partial charge on any atom is -0.356 e. The van der Waals surface area contributed by atoms with Crippen LogP contribution in [0.2, 0.25) is 0 Å². The lowest BCUT2D eigenvalue weighted by Gasteiger charge is -2.09. The van der Waals surface area contributed by atoms with Gasteiger partial charge in [0.05, 0.1) is 15.5 Å². The molecular weight excluding hydrogens is 364 g/mol. The highest BCUT2D eigenvalue weighted by atomic mass is 32.2. The van der Waals surface area contributed by atoms with Crippen molar-refractivity contribution in [1.29, 1.82) is 0 Å². The second-order valence-electron chi connectivity index (χ2n) is 6.00. The molecule has 26 heavy (non-hydrogen) atoms. The molecule has 3 aromatic rings. The summed E-state index contributed by atoms with van der Waals surface area (Å²) in [6, 6.07) is 15.6. The number of ketones is 1. The van der Waals surface area contributed by atoms with Crippen molar-refractivity contribution in [3.8, 4) is 0 Å². The minimum absolute atomic E-state index is 0.0301. The van der Waals surface area contributed by atoms with Crippen molar-refractivity contribution in [3.05, 3.63) is 59.7 Å². The Morgan fingerprint density at radius 3 is 2.58 bits per heavy atom. The minimum atomic E-state index is -0.194. The second kappa shape index (κ2) is 8.47. The Hall–Kier alpha value is -2.18. The average Bonchev–Trinajstić information content (AvgIpc) is 3.03. The molecule has 0 spiro atoms. The quantitative estimate of drug-likeness (QED) is 0.486. The van der Waals surface area contributed by atoms with Crippen LogP contribution in [0.25, 0.3) is 10.2 Å². The van der Waals surface area contributed by atoms with Gasteiger partial charge in [0.2, 0.25) is 5.91 Å². The first-order valence-electron chi connectivity index (χ1n) is 8.43. The number of carbonyl (C=O) groups excluding carboxylic acids is 2. The molecule has 1 atom stereocenters. The molecule has 0 saturated carbocycles. The second-order valence-corrected chi connectivity index (χ2v) is 8.62. The van der Waals surface area contributed by atoms with Crippen molar-refractivity contribution in [2.45, 2.75) is 29.9 Å². The summed E-state index contributed by atoms with van der Waals surface area (Å²) >= 11 is 3.12. The van der Waals surface area contributed by atoms with E-state index in [1.807, 2.05) is 55.5 Å². The van der Waals surface area contributed by atoms with E-state index in [1.165, 1.54) is 18.7 Å². The van der Waals surface area contributed by atoms with E-state index in [1.54, 1.807) is 11.3 Å². The summed E-state index contributed by atoms with van der Waals surface area (Å²) in [6.07, 6.45) is 0.754. The van der Waals surface area contributed by atoms with Crippen LogP contribution in [0.15, 0.2) is 52.9 Å². The molecule has 1 unspecified atom stereocenters. The lowest BCUT2D eigenvalue weighted by Crippen LogP contribution is -2.22. The Bertz CT molecular complexity index is 886. The number of hydrogen-bond donors (Lipinski definition) is 1. The molecule has 6 heteroatoms. The van der Waals surface area contributed by atoms with E-state index in [-0.39, 0.29) is 16.9 Å². The Morgan fingerprint density at radius 2 is 1.88 bits per heavy atom. The van der Waals surface area contributed by atoms with Gasteiger partial charge < -0.3 is 5.32 Å². The number of para-hydroxylation sites is 1. The molecule has 0 fully saturated rings. The Morgan fingerprint density at radius 1 is 1.15 bits per heavy atom. The number of amides is 1. The van der Waals surface area contributed by atoms with Gasteiger partial charge in [0.1, 0.15) is 0 Å². The number of carbonyl (C=O) groups is 2. The topological polar surface area (TPSA) is 59.1 Å². The Labute approximate surface area is 161 Å². The zero-order valence-electron chi connectivity index (χ0n) is 14.7. The summed E-state index contributed by atoms with van der Waals surface area (Å²) in [6.45, 7) is 4.03. The molecule has 0 bridgehead atoms. The van der Waals surface area contributed by atoms with E-state index in [9.17, 15) is 9.59 Å². The Kier molecular flexibility index (Phi) is 6.06. The molecule has 0 aliphatic rings. The smallest absolute Gasteiger partial charge is 0.216 e. The van der Waals surface area contributed by atoms with E-state index < -0.39 is 0 Å². The number of rotatable bonds is 7. The number of benzene rings is 2. The van der Waals surface area contributed by atoms with Gasteiger partial charge in [-0.25, -0.2) is 4.98 Å². The van der Waals surface area contributed by atoms with Gasteiger partial charge in [0, 0.05) is 19.0 Å². The zero-order valence-corrected chi connectivity index (χ0v) is 16.3. The van der Waals surface area contributed by atoms with E-state index in [2.05, 4.69) is 10.3 Å². The van der Waals surface area contributed by atoms with Crippen molar-refractivity contribution < 1.29 is 9.59 Å². The number of thiazole rings is 1. The summed E-state index contributed by atoms with van der Waals surface area (Å²) in [5.74, 6) is 0.0696. The molecule has 1 heterocycles. The van der Waals surface area contributed by atoms with Crippen LogP contribution < -0.4 is 5.32 Å². The van der Waals surface area contributed by atoms with Crippen molar-refractivity contribution in [3.63, 3.8) is 0 Å². The maximum absolute atomic E-state index is 12.7. The summed E-state index contributed by atoms with van der Waals surface area (Å²) < 4.78 is 2.05. The van der Waals surface area contributed by atoms with Gasteiger partial charge in [-0.3, -0.25) is 9.59 Å². The van der Waals surface area contributed by atoms with Crippen LogP contribution in [0, 0.1) is 0 Å². The monoisotopic (exact) mass is 384 g/mol. The van der Waals surface area contributed by atoms with Crippen LogP contribution in [-0.2, 0) is 11.2 Å². The molecular formula is C20H20N2O2S2. The van der Waals surface area contributed by atoms with Gasteiger partial charge in [0.15, 0.2) is 10.1 Å². The molecule has 0 saturated heterocycles. The Balaban J connectivity index is 1.61. The standard InChI is InChI=1S/C20H20N2O2S2/c1-13(25-20-22-17-5-3-4-6-18(17)26-20)19(24)16-9-7-15(8-10-16)11-12-21-14(2)23/h3-10,13H,11-12H2,1-2H3,(H,21,23). The third-order valence-corrected chi connectivity index (χ3v) is 6.18. The largest absolute Gasteiger partial charge is 0.356 e. The van der Waals surface area contributed by atoms with E-state index in [0.29, 0.717) is 12.1 Å².